The molecule has 0 aliphatic carbocycles. The van der Waals surface area contributed by atoms with Crippen LogP contribution in [0.15, 0.2) is 42.7 Å². The third-order valence-corrected chi connectivity index (χ3v) is 3.24. The first-order chi connectivity index (χ1) is 9.15. The highest BCUT2D eigenvalue weighted by atomic mass is 14.9. The molecule has 19 heavy (non-hydrogen) atoms. The third-order valence-electron chi connectivity index (χ3n) is 3.24. The number of aryl methyl sites for hydroxylation is 1. The maximum atomic E-state index is 5.90. The zero-order valence-electron chi connectivity index (χ0n) is 10.6. The molecule has 0 aliphatic rings. The number of nitrogen functional groups attached to an aromatic ring is 2. The van der Waals surface area contributed by atoms with Crippen LogP contribution in [0.3, 0.4) is 0 Å². The number of aromatic nitrogens is 2. The minimum atomic E-state index is 0.494. The Morgan fingerprint density at radius 1 is 0.947 bits per heavy atom. The molecule has 0 saturated heterocycles. The van der Waals surface area contributed by atoms with Gasteiger partial charge in [0, 0.05) is 11.1 Å². The summed E-state index contributed by atoms with van der Waals surface area (Å²) in [7, 11) is 0. The van der Waals surface area contributed by atoms with Crippen molar-refractivity contribution in [3.63, 3.8) is 0 Å². The fourth-order valence-corrected chi connectivity index (χ4v) is 2.19. The van der Waals surface area contributed by atoms with Gasteiger partial charge in [-0.1, -0.05) is 12.1 Å². The van der Waals surface area contributed by atoms with Gasteiger partial charge in [0.25, 0.3) is 0 Å². The zero-order valence-corrected chi connectivity index (χ0v) is 10.6. The van der Waals surface area contributed by atoms with Crippen molar-refractivity contribution in [1.29, 1.82) is 0 Å². The molecule has 2 aromatic carbocycles. The monoisotopic (exact) mass is 250 g/mol. The standard InChI is InChI=1S/C15H14N4/c1-9-2-4-11(16)7-12(9)10-3-5-14-13(6-10)15(17)19-8-18-14/h2-8H,16H2,1H3,(H2,17,18,19). The maximum Gasteiger partial charge on any atom is 0.134 e. The number of hydrogen-bond acceptors (Lipinski definition) is 4. The Morgan fingerprint density at radius 2 is 1.79 bits per heavy atom. The Balaban J connectivity index is 2.26. The molecule has 0 atom stereocenters. The first-order valence-corrected chi connectivity index (χ1v) is 6.02. The normalized spacial score (nSPS) is 10.8. The van der Waals surface area contributed by atoms with Crippen LogP contribution in [-0.4, -0.2) is 9.97 Å². The molecule has 4 heteroatoms. The van der Waals surface area contributed by atoms with Crippen LogP contribution in [-0.2, 0) is 0 Å². The van der Waals surface area contributed by atoms with Crippen LogP contribution < -0.4 is 11.5 Å². The smallest absolute Gasteiger partial charge is 0.134 e. The van der Waals surface area contributed by atoms with Gasteiger partial charge in [0.2, 0.25) is 0 Å². The average molecular weight is 250 g/mol. The maximum absolute atomic E-state index is 5.90. The Kier molecular flexibility index (Phi) is 2.56. The van der Waals surface area contributed by atoms with E-state index >= 15 is 0 Å². The van der Waals surface area contributed by atoms with E-state index in [1.165, 1.54) is 11.9 Å². The van der Waals surface area contributed by atoms with Gasteiger partial charge in [0.05, 0.1) is 5.52 Å². The molecular weight excluding hydrogens is 236 g/mol. The molecular formula is C15H14N4. The van der Waals surface area contributed by atoms with Gasteiger partial charge in [0.1, 0.15) is 12.1 Å². The third kappa shape index (κ3) is 1.97. The molecule has 4 nitrogen and oxygen atoms in total. The molecule has 1 aromatic heterocycles. The Hall–Kier alpha value is -2.62. The molecule has 1 heterocycles. The fraction of sp³-hybridized carbons (Fsp3) is 0.0667. The van der Waals surface area contributed by atoms with Crippen molar-refractivity contribution in [2.75, 3.05) is 11.5 Å². The SMILES string of the molecule is Cc1ccc(N)cc1-c1ccc2ncnc(N)c2c1. The lowest BCUT2D eigenvalue weighted by atomic mass is 9.98. The van der Waals surface area contributed by atoms with Crippen molar-refractivity contribution in [1.82, 2.24) is 9.97 Å². The summed E-state index contributed by atoms with van der Waals surface area (Å²) in [5.74, 6) is 0.494. The van der Waals surface area contributed by atoms with E-state index in [9.17, 15) is 0 Å². The van der Waals surface area contributed by atoms with E-state index in [2.05, 4.69) is 16.9 Å². The van der Waals surface area contributed by atoms with E-state index in [1.54, 1.807) is 0 Å². The van der Waals surface area contributed by atoms with Crippen LogP contribution in [0.4, 0.5) is 11.5 Å². The average Bonchev–Trinajstić information content (AvgIpc) is 2.42. The van der Waals surface area contributed by atoms with Gasteiger partial charge in [0.15, 0.2) is 0 Å². The molecule has 3 aromatic rings. The second-order valence-corrected chi connectivity index (χ2v) is 4.57. The second kappa shape index (κ2) is 4.24. The van der Waals surface area contributed by atoms with E-state index in [4.69, 9.17) is 11.5 Å². The van der Waals surface area contributed by atoms with E-state index in [0.29, 0.717) is 5.82 Å². The largest absolute Gasteiger partial charge is 0.399 e. The number of hydrogen-bond donors (Lipinski definition) is 2. The summed E-state index contributed by atoms with van der Waals surface area (Å²) < 4.78 is 0. The van der Waals surface area contributed by atoms with Crippen LogP contribution in [0.25, 0.3) is 22.0 Å². The Bertz CT molecular complexity index is 765. The number of nitrogens with zero attached hydrogens (tertiary/aromatic N) is 2. The highest BCUT2D eigenvalue weighted by Gasteiger charge is 2.06. The highest BCUT2D eigenvalue weighted by Crippen LogP contribution is 2.29. The summed E-state index contributed by atoms with van der Waals surface area (Å²) in [4.78, 5) is 8.23. The molecule has 0 aliphatic heterocycles. The lowest BCUT2D eigenvalue weighted by Gasteiger charge is -2.09. The molecule has 0 unspecified atom stereocenters. The van der Waals surface area contributed by atoms with E-state index in [1.807, 2.05) is 36.4 Å². The van der Waals surface area contributed by atoms with Gasteiger partial charge in [-0.25, -0.2) is 9.97 Å². The number of benzene rings is 2. The van der Waals surface area contributed by atoms with Crippen LogP contribution in [0.5, 0.6) is 0 Å². The summed E-state index contributed by atoms with van der Waals surface area (Å²) in [6.07, 6.45) is 1.48. The van der Waals surface area contributed by atoms with Crippen LogP contribution >= 0.6 is 0 Å². The van der Waals surface area contributed by atoms with E-state index in [-0.39, 0.29) is 0 Å². The van der Waals surface area contributed by atoms with Gasteiger partial charge in [-0.05, 0) is 47.9 Å². The number of rotatable bonds is 1. The van der Waals surface area contributed by atoms with Gasteiger partial charge < -0.3 is 11.5 Å². The van der Waals surface area contributed by atoms with Crippen LogP contribution in [0.2, 0.25) is 0 Å². The molecule has 3 rings (SSSR count). The van der Waals surface area contributed by atoms with Gasteiger partial charge in [-0.15, -0.1) is 0 Å². The van der Waals surface area contributed by atoms with Crippen molar-refractivity contribution in [3.8, 4) is 11.1 Å². The molecule has 0 radical (unpaired) electrons. The fourth-order valence-electron chi connectivity index (χ4n) is 2.19. The molecule has 0 spiro atoms. The van der Waals surface area contributed by atoms with Crippen LogP contribution in [0, 0.1) is 6.92 Å². The molecule has 0 saturated carbocycles. The number of nitrogens with two attached hydrogens (primary N) is 2. The quantitative estimate of drug-likeness (QED) is 0.651. The molecule has 4 N–H and O–H groups in total. The minimum absolute atomic E-state index is 0.494. The van der Waals surface area contributed by atoms with Gasteiger partial charge >= 0.3 is 0 Å². The topological polar surface area (TPSA) is 77.8 Å². The zero-order chi connectivity index (χ0) is 13.4. The van der Waals surface area contributed by atoms with Crippen LogP contribution in [0.1, 0.15) is 5.56 Å². The van der Waals surface area contributed by atoms with Gasteiger partial charge in [-0.2, -0.15) is 0 Å². The highest BCUT2D eigenvalue weighted by molar-refractivity contribution is 5.92. The van der Waals surface area contributed by atoms with E-state index in [0.717, 1.165) is 27.7 Å². The van der Waals surface area contributed by atoms with E-state index < -0.39 is 0 Å². The summed E-state index contributed by atoms with van der Waals surface area (Å²) in [5, 5.41) is 0.863. The first-order valence-electron chi connectivity index (χ1n) is 6.02. The predicted molar refractivity (Wildman–Crippen MR) is 78.5 cm³/mol. The van der Waals surface area contributed by atoms with Gasteiger partial charge in [-0.3, -0.25) is 0 Å². The predicted octanol–water partition coefficient (Wildman–Crippen LogP) is 2.77. The summed E-state index contributed by atoms with van der Waals surface area (Å²) >= 11 is 0. The lowest BCUT2D eigenvalue weighted by Crippen LogP contribution is -1.94. The Labute approximate surface area is 111 Å². The van der Waals surface area contributed by atoms with Crippen molar-refractivity contribution < 1.29 is 0 Å². The lowest BCUT2D eigenvalue weighted by molar-refractivity contribution is 1.23. The molecule has 0 fully saturated rings. The first kappa shape index (κ1) is 11.5. The molecule has 0 amide bonds. The number of fused-ring (bicyclic) bond motifs is 1. The van der Waals surface area contributed by atoms with Crippen molar-refractivity contribution in [3.05, 3.63) is 48.3 Å². The second-order valence-electron chi connectivity index (χ2n) is 4.57. The van der Waals surface area contributed by atoms with Crippen molar-refractivity contribution >= 4 is 22.4 Å². The summed E-state index contributed by atoms with van der Waals surface area (Å²) in [6, 6.07) is 11.9. The van der Waals surface area contributed by atoms with Crippen molar-refractivity contribution in [2.24, 2.45) is 0 Å². The summed E-state index contributed by atoms with van der Waals surface area (Å²) in [5.41, 5.74) is 16.7. The molecule has 94 valence electrons. The number of anilines is 2. The van der Waals surface area contributed by atoms with Crippen molar-refractivity contribution in [2.45, 2.75) is 6.92 Å². The molecule has 0 bridgehead atoms. The Morgan fingerprint density at radius 3 is 2.63 bits per heavy atom. The minimum Gasteiger partial charge on any atom is -0.399 e. The summed E-state index contributed by atoms with van der Waals surface area (Å²) in [6.45, 7) is 2.06.